The van der Waals surface area contributed by atoms with Gasteiger partial charge in [-0.2, -0.15) is 4.98 Å². The van der Waals surface area contributed by atoms with E-state index in [9.17, 15) is 10.0 Å². The second-order valence-corrected chi connectivity index (χ2v) is 5.35. The Balaban J connectivity index is 1.70. The van der Waals surface area contributed by atoms with Crippen LogP contribution in [0.2, 0.25) is 0 Å². The molecule has 3 heterocycles. The third kappa shape index (κ3) is 2.78. The van der Waals surface area contributed by atoms with Crippen molar-refractivity contribution in [3.63, 3.8) is 0 Å². The highest BCUT2D eigenvalue weighted by molar-refractivity contribution is 5.88. The van der Waals surface area contributed by atoms with Gasteiger partial charge in [-0.3, -0.25) is 4.98 Å². The first-order valence-corrected chi connectivity index (χ1v) is 7.58. The van der Waals surface area contributed by atoms with Crippen LogP contribution in [0.4, 0.5) is 11.5 Å². The Morgan fingerprint density at radius 3 is 2.48 bits per heavy atom. The lowest BCUT2D eigenvalue weighted by atomic mass is 10.1. The Morgan fingerprint density at radius 2 is 1.72 bits per heavy atom. The smallest absolute Gasteiger partial charge is 0.384 e. The minimum absolute atomic E-state index is 0.148. The lowest BCUT2D eigenvalue weighted by Crippen LogP contribution is -2.23. The number of benzene rings is 1. The number of aromatic nitrogens is 4. The third-order valence-electron chi connectivity index (χ3n) is 3.74. The Labute approximate surface area is 142 Å². The van der Waals surface area contributed by atoms with Crippen molar-refractivity contribution in [3.05, 3.63) is 77.5 Å². The van der Waals surface area contributed by atoms with Crippen LogP contribution in [0, 0.1) is 0 Å². The molecule has 0 unspecified atom stereocenters. The number of fused-ring (bicyclic) bond motifs is 1. The molecule has 1 aromatic carbocycles. The zero-order chi connectivity index (χ0) is 17.2. The van der Waals surface area contributed by atoms with Crippen molar-refractivity contribution in [2.24, 2.45) is 0 Å². The molecule has 0 fully saturated rings. The molecule has 0 aliphatic heterocycles. The Kier molecular flexibility index (Phi) is 3.59. The monoisotopic (exact) mass is 331 g/mol. The molecule has 25 heavy (non-hydrogen) atoms. The average Bonchev–Trinajstić information content (AvgIpc) is 2.67. The summed E-state index contributed by atoms with van der Waals surface area (Å²) in [5.41, 5.74) is 1.97. The highest BCUT2D eigenvalue weighted by atomic mass is 16.5. The van der Waals surface area contributed by atoms with Crippen LogP contribution >= 0.6 is 0 Å². The first-order valence-electron chi connectivity index (χ1n) is 7.58. The summed E-state index contributed by atoms with van der Waals surface area (Å²) in [5, 5.41) is 13.4. The van der Waals surface area contributed by atoms with Gasteiger partial charge in [-0.05, 0) is 36.4 Å². The summed E-state index contributed by atoms with van der Waals surface area (Å²) in [5.74, 6) is 0.337. The molecule has 122 valence electrons. The molecule has 0 radical (unpaired) electrons. The standard InChI is InChI=1S/C18H13N5O2/c24-18-22-16(14-4-3-11-20-17(14)23(18)25)21-13-8-6-12(7-9-13)15-5-1-2-10-19-15/h1-11,25H,(H,21,22,24). The van der Waals surface area contributed by atoms with Crippen molar-refractivity contribution in [1.82, 2.24) is 19.7 Å². The van der Waals surface area contributed by atoms with Crippen molar-refractivity contribution < 1.29 is 5.21 Å². The number of pyridine rings is 2. The van der Waals surface area contributed by atoms with Crippen molar-refractivity contribution in [3.8, 4) is 11.3 Å². The van der Waals surface area contributed by atoms with E-state index in [2.05, 4.69) is 20.3 Å². The molecular formula is C18H13N5O2. The van der Waals surface area contributed by atoms with Gasteiger partial charge in [0.25, 0.3) is 0 Å². The molecule has 7 nitrogen and oxygen atoms in total. The molecule has 2 N–H and O–H groups in total. The zero-order valence-electron chi connectivity index (χ0n) is 13.0. The fourth-order valence-corrected chi connectivity index (χ4v) is 2.53. The van der Waals surface area contributed by atoms with E-state index in [1.807, 2.05) is 42.5 Å². The predicted molar refractivity (Wildman–Crippen MR) is 93.9 cm³/mol. The van der Waals surface area contributed by atoms with Crippen molar-refractivity contribution in [2.45, 2.75) is 0 Å². The quantitative estimate of drug-likeness (QED) is 0.561. The Bertz CT molecular complexity index is 1090. The molecule has 4 aromatic rings. The Morgan fingerprint density at radius 1 is 0.920 bits per heavy atom. The molecule has 0 amide bonds. The summed E-state index contributed by atoms with van der Waals surface area (Å²) >= 11 is 0. The molecule has 0 aliphatic rings. The van der Waals surface area contributed by atoms with Crippen LogP contribution in [0.25, 0.3) is 22.3 Å². The van der Waals surface area contributed by atoms with E-state index in [0.717, 1.165) is 16.9 Å². The zero-order valence-corrected chi connectivity index (χ0v) is 13.0. The van der Waals surface area contributed by atoms with E-state index in [0.29, 0.717) is 15.9 Å². The van der Waals surface area contributed by atoms with Crippen LogP contribution in [0.1, 0.15) is 0 Å². The molecule has 0 saturated heterocycles. The topological polar surface area (TPSA) is 92.9 Å². The normalized spacial score (nSPS) is 10.7. The van der Waals surface area contributed by atoms with E-state index >= 15 is 0 Å². The maximum atomic E-state index is 11.8. The fraction of sp³-hybridized carbons (Fsp3) is 0. The highest BCUT2D eigenvalue weighted by Crippen LogP contribution is 2.24. The van der Waals surface area contributed by atoms with Gasteiger partial charge in [-0.25, -0.2) is 9.78 Å². The maximum absolute atomic E-state index is 11.8. The van der Waals surface area contributed by atoms with E-state index in [-0.39, 0.29) is 5.65 Å². The summed E-state index contributed by atoms with van der Waals surface area (Å²) in [7, 11) is 0. The van der Waals surface area contributed by atoms with Gasteiger partial charge in [-0.15, -0.1) is 4.73 Å². The van der Waals surface area contributed by atoms with Crippen LogP contribution in [-0.4, -0.2) is 24.9 Å². The molecule has 0 atom stereocenters. The lowest BCUT2D eigenvalue weighted by Gasteiger charge is -2.10. The molecular weight excluding hydrogens is 318 g/mol. The molecule has 4 rings (SSSR count). The predicted octanol–water partition coefficient (Wildman–Crippen LogP) is 2.83. The molecule has 3 aromatic heterocycles. The number of hydrogen-bond donors (Lipinski definition) is 2. The van der Waals surface area contributed by atoms with Gasteiger partial charge in [0.2, 0.25) is 0 Å². The summed E-state index contributed by atoms with van der Waals surface area (Å²) < 4.78 is 0.435. The number of nitrogens with zero attached hydrogens (tertiary/aromatic N) is 4. The second kappa shape index (κ2) is 6.04. The number of rotatable bonds is 3. The number of hydrogen-bond acceptors (Lipinski definition) is 6. The van der Waals surface area contributed by atoms with Crippen LogP contribution in [0.5, 0.6) is 0 Å². The summed E-state index contributed by atoms with van der Waals surface area (Å²) in [4.78, 5) is 24.0. The van der Waals surface area contributed by atoms with Gasteiger partial charge >= 0.3 is 5.69 Å². The average molecular weight is 331 g/mol. The minimum atomic E-state index is -0.793. The van der Waals surface area contributed by atoms with E-state index < -0.39 is 5.69 Å². The number of anilines is 2. The molecule has 0 spiro atoms. The van der Waals surface area contributed by atoms with Gasteiger partial charge in [-0.1, -0.05) is 18.2 Å². The van der Waals surface area contributed by atoms with Crippen LogP contribution in [0.3, 0.4) is 0 Å². The van der Waals surface area contributed by atoms with Crippen molar-refractivity contribution >= 4 is 22.5 Å². The first-order chi connectivity index (χ1) is 12.2. The van der Waals surface area contributed by atoms with E-state index in [1.165, 1.54) is 6.20 Å². The maximum Gasteiger partial charge on any atom is 0.384 e. The molecule has 0 saturated carbocycles. The van der Waals surface area contributed by atoms with Crippen LogP contribution in [-0.2, 0) is 0 Å². The second-order valence-electron chi connectivity index (χ2n) is 5.35. The summed E-state index contributed by atoms with van der Waals surface area (Å²) in [6.45, 7) is 0. The van der Waals surface area contributed by atoms with Gasteiger partial charge in [0.1, 0.15) is 5.82 Å². The first kappa shape index (κ1) is 14.8. The lowest BCUT2D eigenvalue weighted by molar-refractivity contribution is 0.182. The van der Waals surface area contributed by atoms with Crippen molar-refractivity contribution in [2.75, 3.05) is 5.32 Å². The van der Waals surface area contributed by atoms with Gasteiger partial charge < -0.3 is 10.5 Å². The van der Waals surface area contributed by atoms with E-state index in [1.54, 1.807) is 18.3 Å². The van der Waals surface area contributed by atoms with Gasteiger partial charge in [0.05, 0.1) is 11.1 Å². The van der Waals surface area contributed by atoms with Crippen LogP contribution < -0.4 is 11.0 Å². The SMILES string of the molecule is O=c1nc(Nc2ccc(-c3ccccn3)cc2)c2cccnc2n1O. The number of nitrogens with one attached hydrogen (secondary N) is 1. The third-order valence-corrected chi connectivity index (χ3v) is 3.74. The van der Waals surface area contributed by atoms with Crippen molar-refractivity contribution in [1.29, 1.82) is 0 Å². The Hall–Kier alpha value is -3.74. The fourth-order valence-electron chi connectivity index (χ4n) is 2.53. The van der Waals surface area contributed by atoms with Gasteiger partial charge in [0.15, 0.2) is 5.65 Å². The van der Waals surface area contributed by atoms with Crippen LogP contribution in [0.15, 0.2) is 71.8 Å². The summed E-state index contributed by atoms with van der Waals surface area (Å²) in [6, 6.07) is 16.8. The molecule has 0 bridgehead atoms. The van der Waals surface area contributed by atoms with E-state index in [4.69, 9.17) is 0 Å². The van der Waals surface area contributed by atoms with Gasteiger partial charge in [0, 0.05) is 23.6 Å². The largest absolute Gasteiger partial charge is 0.422 e. The molecule has 0 aliphatic carbocycles. The molecule has 7 heteroatoms. The highest BCUT2D eigenvalue weighted by Gasteiger charge is 2.10. The summed E-state index contributed by atoms with van der Waals surface area (Å²) in [6.07, 6.45) is 3.24. The minimum Gasteiger partial charge on any atom is -0.422 e.